The zero-order valence-electron chi connectivity index (χ0n) is 10.1. The Morgan fingerprint density at radius 3 is 2.72 bits per heavy atom. The van der Waals surface area contributed by atoms with E-state index >= 15 is 0 Å². The molecular formula is C11H15BrN4O2. The molecule has 18 heavy (non-hydrogen) atoms. The minimum absolute atomic E-state index is 0.00887. The molecule has 1 saturated heterocycles. The molecular weight excluding hydrogens is 300 g/mol. The van der Waals surface area contributed by atoms with Crippen molar-refractivity contribution in [2.24, 2.45) is 0 Å². The lowest BCUT2D eigenvalue weighted by molar-refractivity contribution is -0.132. The van der Waals surface area contributed by atoms with Gasteiger partial charge in [0.05, 0.1) is 17.1 Å². The highest BCUT2D eigenvalue weighted by Crippen LogP contribution is 2.16. The van der Waals surface area contributed by atoms with Crippen LogP contribution in [0, 0.1) is 0 Å². The van der Waals surface area contributed by atoms with Crippen LogP contribution in [-0.2, 0) is 4.79 Å². The average molecular weight is 315 g/mol. The van der Waals surface area contributed by atoms with Crippen molar-refractivity contribution < 1.29 is 9.90 Å². The standard InChI is InChI=1S/C11H15BrN4O2/c1-8(18)16-3-2-15(6-10(16)7-17)11-13-4-9(12)5-14-11/h4-5,10,17H,2-3,6-7H2,1H3. The van der Waals surface area contributed by atoms with Gasteiger partial charge in [0.15, 0.2) is 0 Å². The zero-order chi connectivity index (χ0) is 13.1. The molecule has 1 amide bonds. The van der Waals surface area contributed by atoms with Crippen LogP contribution in [0.5, 0.6) is 0 Å². The third-order valence-corrected chi connectivity index (χ3v) is 3.40. The lowest BCUT2D eigenvalue weighted by Crippen LogP contribution is -2.56. The number of anilines is 1. The second-order valence-electron chi connectivity index (χ2n) is 4.20. The molecule has 1 fully saturated rings. The van der Waals surface area contributed by atoms with E-state index < -0.39 is 0 Å². The smallest absolute Gasteiger partial charge is 0.225 e. The number of hydrogen-bond acceptors (Lipinski definition) is 5. The van der Waals surface area contributed by atoms with Crippen LogP contribution in [0.15, 0.2) is 16.9 Å². The third-order valence-electron chi connectivity index (χ3n) is 2.99. The largest absolute Gasteiger partial charge is 0.394 e. The van der Waals surface area contributed by atoms with Crippen molar-refractivity contribution in [3.8, 4) is 0 Å². The van der Waals surface area contributed by atoms with Gasteiger partial charge in [-0.2, -0.15) is 0 Å². The highest BCUT2D eigenvalue weighted by molar-refractivity contribution is 9.10. The van der Waals surface area contributed by atoms with E-state index in [0.29, 0.717) is 25.6 Å². The van der Waals surface area contributed by atoms with Gasteiger partial charge >= 0.3 is 0 Å². The van der Waals surface area contributed by atoms with Gasteiger partial charge in [0.1, 0.15) is 0 Å². The van der Waals surface area contributed by atoms with E-state index in [1.54, 1.807) is 17.3 Å². The lowest BCUT2D eigenvalue weighted by Gasteiger charge is -2.40. The van der Waals surface area contributed by atoms with Crippen molar-refractivity contribution in [2.75, 3.05) is 31.1 Å². The Kier molecular flexibility index (Phi) is 4.13. The molecule has 98 valence electrons. The predicted molar refractivity (Wildman–Crippen MR) is 70.2 cm³/mol. The molecule has 1 aromatic heterocycles. The number of halogens is 1. The molecule has 0 radical (unpaired) electrons. The summed E-state index contributed by atoms with van der Waals surface area (Å²) >= 11 is 3.29. The Bertz CT molecular complexity index is 426. The van der Waals surface area contributed by atoms with Crippen molar-refractivity contribution in [3.05, 3.63) is 16.9 Å². The van der Waals surface area contributed by atoms with Gasteiger partial charge in [0.25, 0.3) is 0 Å². The summed E-state index contributed by atoms with van der Waals surface area (Å²) in [5.74, 6) is 0.616. The molecule has 2 heterocycles. The summed E-state index contributed by atoms with van der Waals surface area (Å²) in [6, 6.07) is -0.191. The van der Waals surface area contributed by atoms with Gasteiger partial charge in [-0.15, -0.1) is 0 Å². The molecule has 0 saturated carbocycles. The summed E-state index contributed by atoms with van der Waals surface area (Å²) in [4.78, 5) is 23.5. The first kappa shape index (κ1) is 13.2. The number of carbonyl (C=O) groups excluding carboxylic acids is 1. The lowest BCUT2D eigenvalue weighted by atomic mass is 10.2. The van der Waals surface area contributed by atoms with Crippen molar-refractivity contribution in [2.45, 2.75) is 13.0 Å². The summed E-state index contributed by atoms with van der Waals surface area (Å²) in [6.45, 7) is 3.29. The Labute approximate surface area is 114 Å². The third kappa shape index (κ3) is 2.78. The van der Waals surface area contributed by atoms with E-state index in [1.165, 1.54) is 6.92 Å². The molecule has 0 aromatic carbocycles. The fraction of sp³-hybridized carbons (Fsp3) is 0.545. The number of aliphatic hydroxyl groups excluding tert-OH is 1. The molecule has 1 aliphatic heterocycles. The first-order chi connectivity index (χ1) is 8.61. The van der Waals surface area contributed by atoms with E-state index in [4.69, 9.17) is 0 Å². The fourth-order valence-corrected chi connectivity index (χ4v) is 2.28. The van der Waals surface area contributed by atoms with Crippen molar-refractivity contribution >= 4 is 27.8 Å². The Balaban J connectivity index is 2.09. The molecule has 0 bridgehead atoms. The Hall–Kier alpha value is -1.21. The molecule has 6 nitrogen and oxygen atoms in total. The summed E-state index contributed by atoms with van der Waals surface area (Å²) in [5, 5.41) is 9.35. The molecule has 1 N–H and O–H groups in total. The van der Waals surface area contributed by atoms with E-state index in [1.807, 2.05) is 4.90 Å². The van der Waals surface area contributed by atoms with Crippen molar-refractivity contribution in [1.29, 1.82) is 0 Å². The van der Waals surface area contributed by atoms with Crippen LogP contribution >= 0.6 is 15.9 Å². The van der Waals surface area contributed by atoms with E-state index in [2.05, 4.69) is 25.9 Å². The molecule has 1 aromatic rings. The molecule has 1 aliphatic rings. The number of carbonyl (C=O) groups is 1. The first-order valence-electron chi connectivity index (χ1n) is 5.72. The van der Waals surface area contributed by atoms with Crippen molar-refractivity contribution in [1.82, 2.24) is 14.9 Å². The second kappa shape index (κ2) is 5.62. The molecule has 1 unspecified atom stereocenters. The monoisotopic (exact) mass is 314 g/mol. The van der Waals surface area contributed by atoms with Crippen LogP contribution in [0.25, 0.3) is 0 Å². The van der Waals surface area contributed by atoms with Gasteiger partial charge in [-0.25, -0.2) is 9.97 Å². The Morgan fingerprint density at radius 1 is 1.50 bits per heavy atom. The van der Waals surface area contributed by atoms with E-state index in [0.717, 1.165) is 4.47 Å². The van der Waals surface area contributed by atoms with Crippen LogP contribution in [0.2, 0.25) is 0 Å². The highest BCUT2D eigenvalue weighted by atomic mass is 79.9. The summed E-state index contributed by atoms with van der Waals surface area (Å²) in [6.07, 6.45) is 3.38. The maximum Gasteiger partial charge on any atom is 0.225 e. The number of aliphatic hydroxyl groups is 1. The van der Waals surface area contributed by atoms with E-state index in [-0.39, 0.29) is 18.6 Å². The number of amides is 1. The van der Waals surface area contributed by atoms with Crippen molar-refractivity contribution in [3.63, 3.8) is 0 Å². The van der Waals surface area contributed by atoms with Gasteiger partial charge in [-0.1, -0.05) is 0 Å². The van der Waals surface area contributed by atoms with Crippen LogP contribution < -0.4 is 4.90 Å². The van der Waals surface area contributed by atoms with E-state index in [9.17, 15) is 9.90 Å². The summed E-state index contributed by atoms with van der Waals surface area (Å²) in [5.41, 5.74) is 0. The minimum Gasteiger partial charge on any atom is -0.394 e. The summed E-state index contributed by atoms with van der Waals surface area (Å²) < 4.78 is 0.826. The van der Waals surface area contributed by atoms with Gasteiger partial charge in [-0.05, 0) is 15.9 Å². The Morgan fingerprint density at radius 2 is 2.17 bits per heavy atom. The maximum atomic E-state index is 11.4. The maximum absolute atomic E-state index is 11.4. The molecule has 7 heteroatoms. The van der Waals surface area contributed by atoms with Crippen LogP contribution in [0.1, 0.15) is 6.92 Å². The molecule has 2 rings (SSSR count). The minimum atomic E-state index is -0.191. The van der Waals surface area contributed by atoms with Gasteiger partial charge in [0, 0.05) is 39.0 Å². The number of piperazine rings is 1. The van der Waals surface area contributed by atoms with Crippen LogP contribution in [0.4, 0.5) is 5.95 Å². The number of hydrogen-bond donors (Lipinski definition) is 1. The topological polar surface area (TPSA) is 69.6 Å². The normalized spacial score (nSPS) is 20.1. The zero-order valence-corrected chi connectivity index (χ0v) is 11.7. The fourth-order valence-electron chi connectivity index (χ4n) is 2.08. The van der Waals surface area contributed by atoms with Crippen LogP contribution in [-0.4, -0.2) is 58.2 Å². The second-order valence-corrected chi connectivity index (χ2v) is 5.11. The number of nitrogens with zero attached hydrogens (tertiary/aromatic N) is 4. The molecule has 0 aliphatic carbocycles. The van der Waals surface area contributed by atoms with Gasteiger partial charge in [0.2, 0.25) is 11.9 Å². The van der Waals surface area contributed by atoms with Gasteiger partial charge in [-0.3, -0.25) is 4.79 Å². The van der Waals surface area contributed by atoms with Crippen LogP contribution in [0.3, 0.4) is 0 Å². The average Bonchev–Trinajstić information content (AvgIpc) is 2.38. The SMILES string of the molecule is CC(=O)N1CCN(c2ncc(Br)cn2)CC1CO. The number of rotatable bonds is 2. The summed E-state index contributed by atoms with van der Waals surface area (Å²) in [7, 11) is 0. The predicted octanol–water partition coefficient (Wildman–Crippen LogP) is 0.268. The number of aromatic nitrogens is 2. The van der Waals surface area contributed by atoms with Gasteiger partial charge < -0.3 is 14.9 Å². The quantitative estimate of drug-likeness (QED) is 0.848. The first-order valence-corrected chi connectivity index (χ1v) is 6.51. The molecule has 1 atom stereocenters. The molecule has 0 spiro atoms. The highest BCUT2D eigenvalue weighted by Gasteiger charge is 2.29.